The van der Waals surface area contributed by atoms with E-state index >= 15 is 0 Å². The number of hydrogen-bond acceptors (Lipinski definition) is 5. The molecule has 0 spiro atoms. The Kier molecular flexibility index (Phi) is 43.5. The van der Waals surface area contributed by atoms with Gasteiger partial charge in [-0.25, -0.2) is 4.57 Å². The second-order valence-corrected chi connectivity index (χ2v) is 20.7. The SMILES string of the molecule is CC/C=C\C/C=C\CCCCCCCCCCCCCCCCC(=O)NC(COP(=O)(O)OCC[N+](C)(C)C)C(O)CCCCCCCCCCCCCCCCCCCC. The standard InChI is InChI=1S/C52H103N2O6P/c1-6-8-10-12-14-16-18-20-22-24-26-27-28-30-32-34-36-38-40-42-44-46-52(56)53-50(49-60-61(57,58)59-48-47-54(3,4)5)51(55)45-43-41-39-37-35-33-31-29-25-23-21-19-17-15-13-11-9-7-2/h8,10,14,16,50-51,55H,6-7,9,11-13,15,17-49H2,1-5H3,(H-,53,56,57,58)/p+1/b10-8-,16-14-. The van der Waals surface area contributed by atoms with Gasteiger partial charge in [0.15, 0.2) is 0 Å². The fourth-order valence-electron chi connectivity index (χ4n) is 7.85. The molecule has 0 fully saturated rings. The Bertz CT molecular complexity index is 1050. The van der Waals surface area contributed by atoms with Gasteiger partial charge in [0.25, 0.3) is 0 Å². The van der Waals surface area contributed by atoms with Crippen LogP contribution in [0, 0.1) is 0 Å². The number of likely N-dealkylation sites (N-methyl/N-ethyl adjacent to an activating group) is 1. The number of aliphatic hydroxyl groups is 1. The summed E-state index contributed by atoms with van der Waals surface area (Å²) in [6.07, 6.45) is 53.6. The van der Waals surface area contributed by atoms with E-state index in [9.17, 15) is 19.4 Å². The number of carbonyl (C=O) groups is 1. The number of aliphatic hydroxyl groups excluding tert-OH is 1. The Hall–Kier alpha value is -1.02. The Morgan fingerprint density at radius 3 is 1.43 bits per heavy atom. The minimum atomic E-state index is -4.32. The Balaban J connectivity index is 4.21. The molecule has 9 heteroatoms. The van der Waals surface area contributed by atoms with Crippen molar-refractivity contribution in [2.24, 2.45) is 0 Å². The van der Waals surface area contributed by atoms with Gasteiger partial charge < -0.3 is 19.8 Å². The molecule has 0 heterocycles. The highest BCUT2D eigenvalue weighted by atomic mass is 31.2. The molecule has 3 atom stereocenters. The molecule has 3 unspecified atom stereocenters. The van der Waals surface area contributed by atoms with E-state index in [1.54, 1.807) is 0 Å². The number of nitrogens with one attached hydrogen (secondary N) is 1. The summed E-state index contributed by atoms with van der Waals surface area (Å²) in [4.78, 5) is 23.3. The highest BCUT2D eigenvalue weighted by Gasteiger charge is 2.28. The van der Waals surface area contributed by atoms with Gasteiger partial charge in [-0.3, -0.25) is 13.8 Å². The number of unbranched alkanes of at least 4 members (excludes halogenated alkanes) is 31. The lowest BCUT2D eigenvalue weighted by molar-refractivity contribution is -0.870. The van der Waals surface area contributed by atoms with E-state index < -0.39 is 20.0 Å². The van der Waals surface area contributed by atoms with Gasteiger partial charge in [-0.05, 0) is 38.5 Å². The van der Waals surface area contributed by atoms with Crippen molar-refractivity contribution >= 4 is 13.7 Å². The molecule has 0 aromatic heterocycles. The number of carbonyl (C=O) groups excluding carboxylic acids is 1. The summed E-state index contributed by atoms with van der Waals surface area (Å²) < 4.78 is 23.7. The molecule has 0 bridgehead atoms. The smallest absolute Gasteiger partial charge is 0.391 e. The lowest BCUT2D eigenvalue weighted by atomic mass is 10.0. The molecule has 0 aliphatic heterocycles. The molecule has 0 aliphatic carbocycles. The number of rotatable bonds is 48. The van der Waals surface area contributed by atoms with Crippen molar-refractivity contribution < 1.29 is 32.9 Å². The average molecular weight is 884 g/mol. The minimum Gasteiger partial charge on any atom is -0.391 e. The Morgan fingerprint density at radius 1 is 0.574 bits per heavy atom. The molecular weight excluding hydrogens is 780 g/mol. The van der Waals surface area contributed by atoms with Crippen LogP contribution in [0.25, 0.3) is 0 Å². The van der Waals surface area contributed by atoms with E-state index in [0.29, 0.717) is 23.9 Å². The first-order valence-electron chi connectivity index (χ1n) is 26.2. The molecule has 1 amide bonds. The van der Waals surface area contributed by atoms with Gasteiger partial charge in [-0.1, -0.05) is 231 Å². The molecule has 8 nitrogen and oxygen atoms in total. The maximum absolute atomic E-state index is 13.0. The first-order chi connectivity index (χ1) is 29.5. The van der Waals surface area contributed by atoms with Crippen LogP contribution in [-0.4, -0.2) is 73.4 Å². The van der Waals surface area contributed by atoms with E-state index in [1.807, 2.05) is 21.1 Å². The third kappa shape index (κ3) is 46.8. The largest absolute Gasteiger partial charge is 0.472 e. The molecule has 0 radical (unpaired) electrons. The van der Waals surface area contributed by atoms with Crippen molar-refractivity contribution in [1.82, 2.24) is 5.32 Å². The molecule has 362 valence electrons. The van der Waals surface area contributed by atoms with Crippen LogP contribution in [0.2, 0.25) is 0 Å². The van der Waals surface area contributed by atoms with Crippen LogP contribution < -0.4 is 5.32 Å². The zero-order chi connectivity index (χ0) is 45.0. The molecule has 0 aromatic carbocycles. The molecule has 0 rings (SSSR count). The molecule has 0 aliphatic rings. The maximum atomic E-state index is 13.0. The normalized spacial score (nSPS) is 14.3. The predicted molar refractivity (Wildman–Crippen MR) is 263 cm³/mol. The van der Waals surface area contributed by atoms with E-state index in [4.69, 9.17) is 9.05 Å². The summed E-state index contributed by atoms with van der Waals surface area (Å²) in [5.41, 5.74) is 0. The molecule has 3 N–H and O–H groups in total. The maximum Gasteiger partial charge on any atom is 0.472 e. The third-order valence-corrected chi connectivity index (χ3v) is 12.9. The zero-order valence-corrected chi connectivity index (χ0v) is 42.1. The van der Waals surface area contributed by atoms with Crippen LogP contribution in [0.1, 0.15) is 251 Å². The van der Waals surface area contributed by atoms with Crippen LogP contribution in [0.3, 0.4) is 0 Å². The second kappa shape index (κ2) is 44.2. The molecule has 0 saturated heterocycles. The van der Waals surface area contributed by atoms with Crippen molar-refractivity contribution in [2.75, 3.05) is 40.9 Å². The number of quaternary nitrogens is 1. The lowest BCUT2D eigenvalue weighted by Crippen LogP contribution is -2.46. The summed E-state index contributed by atoms with van der Waals surface area (Å²) in [5.74, 6) is -0.142. The van der Waals surface area contributed by atoms with Gasteiger partial charge in [0.05, 0.1) is 39.9 Å². The number of amides is 1. The van der Waals surface area contributed by atoms with Crippen molar-refractivity contribution in [3.63, 3.8) is 0 Å². The van der Waals surface area contributed by atoms with Crippen LogP contribution in [-0.2, 0) is 18.4 Å². The monoisotopic (exact) mass is 884 g/mol. The van der Waals surface area contributed by atoms with Gasteiger partial charge >= 0.3 is 7.82 Å². The predicted octanol–water partition coefficient (Wildman–Crippen LogP) is 15.3. The van der Waals surface area contributed by atoms with Gasteiger partial charge in [0.2, 0.25) is 5.91 Å². The average Bonchev–Trinajstić information content (AvgIpc) is 3.21. The van der Waals surface area contributed by atoms with Crippen LogP contribution in [0.15, 0.2) is 24.3 Å². The second-order valence-electron chi connectivity index (χ2n) is 19.2. The number of phosphoric acid groups is 1. The van der Waals surface area contributed by atoms with Crippen LogP contribution in [0.4, 0.5) is 0 Å². The minimum absolute atomic E-state index is 0.0762. The number of nitrogens with zero attached hydrogens (tertiary/aromatic N) is 1. The van der Waals surface area contributed by atoms with Gasteiger partial charge in [-0.15, -0.1) is 0 Å². The lowest BCUT2D eigenvalue weighted by Gasteiger charge is -2.26. The number of hydrogen-bond donors (Lipinski definition) is 3. The first kappa shape index (κ1) is 60.0. The summed E-state index contributed by atoms with van der Waals surface area (Å²) >= 11 is 0. The molecule has 61 heavy (non-hydrogen) atoms. The zero-order valence-electron chi connectivity index (χ0n) is 41.2. The Morgan fingerprint density at radius 2 is 0.984 bits per heavy atom. The summed E-state index contributed by atoms with van der Waals surface area (Å²) in [5, 5.41) is 14.0. The van der Waals surface area contributed by atoms with Gasteiger partial charge in [-0.2, -0.15) is 0 Å². The fraction of sp³-hybridized carbons (Fsp3) is 0.904. The van der Waals surface area contributed by atoms with Crippen LogP contribution >= 0.6 is 7.82 Å². The fourth-order valence-corrected chi connectivity index (χ4v) is 8.59. The Labute approximate surface area is 379 Å². The highest BCUT2D eigenvalue weighted by molar-refractivity contribution is 7.47. The topological polar surface area (TPSA) is 105 Å². The van der Waals surface area contributed by atoms with Crippen molar-refractivity contribution in [2.45, 2.75) is 264 Å². The first-order valence-corrected chi connectivity index (χ1v) is 27.7. The number of allylic oxidation sites excluding steroid dienone is 4. The van der Waals surface area contributed by atoms with Crippen LogP contribution in [0.5, 0.6) is 0 Å². The van der Waals surface area contributed by atoms with Crippen molar-refractivity contribution in [3.8, 4) is 0 Å². The quantitative estimate of drug-likeness (QED) is 0.0243. The highest BCUT2D eigenvalue weighted by Crippen LogP contribution is 2.43. The summed E-state index contributed by atoms with van der Waals surface area (Å²) in [6, 6.07) is -0.758. The van der Waals surface area contributed by atoms with Crippen molar-refractivity contribution in [3.05, 3.63) is 24.3 Å². The van der Waals surface area contributed by atoms with E-state index in [-0.39, 0.29) is 19.1 Å². The van der Waals surface area contributed by atoms with Gasteiger partial charge in [0, 0.05) is 6.42 Å². The molecule has 0 saturated carbocycles. The van der Waals surface area contributed by atoms with E-state index in [0.717, 1.165) is 51.4 Å². The van der Waals surface area contributed by atoms with E-state index in [2.05, 4.69) is 43.5 Å². The van der Waals surface area contributed by atoms with E-state index in [1.165, 1.54) is 173 Å². The molecule has 0 aromatic rings. The van der Waals surface area contributed by atoms with Gasteiger partial charge in [0.1, 0.15) is 13.2 Å². The summed E-state index contributed by atoms with van der Waals surface area (Å²) in [6.45, 7) is 4.82. The summed E-state index contributed by atoms with van der Waals surface area (Å²) in [7, 11) is 1.62. The molecular formula is C52H104N2O6P+. The van der Waals surface area contributed by atoms with Crippen molar-refractivity contribution in [1.29, 1.82) is 0 Å². The third-order valence-electron chi connectivity index (χ3n) is 12.0. The number of phosphoric ester groups is 1.